The number of amides is 2. The molecule has 5 N–H and O–H groups in total. The third-order valence-electron chi connectivity index (χ3n) is 8.19. The molecule has 6 rings (SSSR count). The van der Waals surface area contributed by atoms with E-state index in [1.807, 2.05) is 0 Å². The number of fused-ring (bicyclic) bond motifs is 2. The third kappa shape index (κ3) is 5.47. The molecular weight excluding hydrogens is 612 g/mol. The molecular formula is C32H28F4N4O6. The lowest BCUT2D eigenvalue weighted by Gasteiger charge is -2.31. The Morgan fingerprint density at radius 2 is 1.83 bits per heavy atom. The van der Waals surface area contributed by atoms with Crippen molar-refractivity contribution in [3.8, 4) is 22.8 Å². The van der Waals surface area contributed by atoms with Gasteiger partial charge in [0.1, 0.15) is 40.5 Å². The number of nitrogens with two attached hydrogens (primary N) is 1. The average Bonchev–Trinajstić information content (AvgIpc) is 3.78. The van der Waals surface area contributed by atoms with E-state index in [0.29, 0.717) is 16.6 Å². The van der Waals surface area contributed by atoms with Crippen molar-refractivity contribution in [3.05, 3.63) is 82.9 Å². The second-order valence-electron chi connectivity index (χ2n) is 11.6. The Balaban J connectivity index is 1.40. The van der Waals surface area contributed by atoms with Gasteiger partial charge >= 0.3 is 6.18 Å². The Bertz CT molecular complexity index is 1860. The minimum atomic E-state index is -5.38. The minimum absolute atomic E-state index is 0.0393. The number of primary amides is 1. The molecule has 1 aliphatic carbocycles. The van der Waals surface area contributed by atoms with Gasteiger partial charge in [0.15, 0.2) is 0 Å². The van der Waals surface area contributed by atoms with Crippen LogP contribution in [0.4, 0.5) is 17.6 Å². The molecule has 2 aliphatic rings. The number of hydrogen-bond acceptors (Lipinski definition) is 8. The van der Waals surface area contributed by atoms with Gasteiger partial charge in [0.25, 0.3) is 5.91 Å². The molecule has 2 amide bonds. The monoisotopic (exact) mass is 640 g/mol. The molecule has 0 spiro atoms. The first-order valence-corrected chi connectivity index (χ1v) is 14.3. The van der Waals surface area contributed by atoms with E-state index in [1.54, 1.807) is 6.07 Å². The lowest BCUT2D eigenvalue weighted by Crippen LogP contribution is -2.51. The summed E-state index contributed by atoms with van der Waals surface area (Å²) in [4.78, 5) is 34.2. The van der Waals surface area contributed by atoms with Crippen LogP contribution in [-0.2, 0) is 22.4 Å². The van der Waals surface area contributed by atoms with Gasteiger partial charge in [-0.05, 0) is 68.3 Å². The summed E-state index contributed by atoms with van der Waals surface area (Å²) in [6, 6.07) is 11.4. The van der Waals surface area contributed by atoms with Gasteiger partial charge in [-0.2, -0.15) is 13.2 Å². The van der Waals surface area contributed by atoms with Crippen LogP contribution in [0.1, 0.15) is 47.1 Å². The van der Waals surface area contributed by atoms with Crippen molar-refractivity contribution < 1.29 is 46.8 Å². The number of benzene rings is 2. The predicted octanol–water partition coefficient (Wildman–Crippen LogP) is 3.78. The summed E-state index contributed by atoms with van der Waals surface area (Å²) in [5.74, 6) is -2.28. The number of carbonyl (C=O) groups is 2. The highest BCUT2D eigenvalue weighted by Crippen LogP contribution is 2.47. The van der Waals surface area contributed by atoms with Crippen LogP contribution >= 0.6 is 0 Å². The summed E-state index contributed by atoms with van der Waals surface area (Å²) in [6.45, 7) is -0.620. The van der Waals surface area contributed by atoms with Gasteiger partial charge < -0.3 is 30.7 Å². The van der Waals surface area contributed by atoms with Crippen LogP contribution in [0.3, 0.4) is 0 Å². The molecule has 10 nitrogen and oxygen atoms in total. The first kappa shape index (κ1) is 31.2. The lowest BCUT2D eigenvalue weighted by atomic mass is 9.81. The number of hydrogen-bond donors (Lipinski definition) is 4. The number of ether oxygens (including phenoxy) is 2. The van der Waals surface area contributed by atoms with Crippen LogP contribution in [0.15, 0.2) is 54.6 Å². The van der Waals surface area contributed by atoms with Crippen LogP contribution < -0.4 is 20.5 Å². The number of nitrogens with zero attached hydrogens (tertiary/aromatic N) is 2. The van der Waals surface area contributed by atoms with Gasteiger partial charge in [-0.25, -0.2) is 14.4 Å². The van der Waals surface area contributed by atoms with Crippen LogP contribution in [0.5, 0.6) is 11.5 Å². The maximum atomic E-state index is 14.8. The molecule has 240 valence electrons. The van der Waals surface area contributed by atoms with Crippen molar-refractivity contribution >= 4 is 22.7 Å². The Labute approximate surface area is 259 Å². The van der Waals surface area contributed by atoms with Gasteiger partial charge in [-0.1, -0.05) is 6.07 Å². The molecule has 2 aromatic heterocycles. The highest BCUT2D eigenvalue weighted by Gasteiger charge is 2.57. The summed E-state index contributed by atoms with van der Waals surface area (Å²) in [5.41, 5.74) is -0.0717. The number of carbonyl (C=O) groups excluding carboxylic acids is 2. The Hall–Kier alpha value is -4.82. The van der Waals surface area contributed by atoms with E-state index in [2.05, 4.69) is 15.3 Å². The minimum Gasteiger partial charge on any atom is -0.489 e. The van der Waals surface area contributed by atoms with E-state index in [9.17, 15) is 37.4 Å². The van der Waals surface area contributed by atoms with Crippen molar-refractivity contribution in [2.75, 3.05) is 13.2 Å². The largest absolute Gasteiger partial charge is 0.489 e. The van der Waals surface area contributed by atoms with Crippen molar-refractivity contribution in [2.24, 2.45) is 5.73 Å². The van der Waals surface area contributed by atoms with Gasteiger partial charge in [0.2, 0.25) is 11.5 Å². The molecule has 1 unspecified atom stereocenters. The van der Waals surface area contributed by atoms with E-state index in [4.69, 9.17) is 15.2 Å². The zero-order valence-corrected chi connectivity index (χ0v) is 24.3. The van der Waals surface area contributed by atoms with E-state index in [0.717, 1.165) is 31.0 Å². The van der Waals surface area contributed by atoms with Crippen LogP contribution in [0.25, 0.3) is 22.2 Å². The fourth-order valence-electron chi connectivity index (χ4n) is 5.17. The van der Waals surface area contributed by atoms with Crippen molar-refractivity contribution in [1.82, 2.24) is 15.3 Å². The van der Waals surface area contributed by atoms with Gasteiger partial charge in [0, 0.05) is 22.1 Å². The van der Waals surface area contributed by atoms with Crippen molar-refractivity contribution in [3.63, 3.8) is 0 Å². The van der Waals surface area contributed by atoms with Crippen LogP contribution in [-0.4, -0.2) is 57.4 Å². The number of aliphatic hydroxyl groups is 2. The summed E-state index contributed by atoms with van der Waals surface area (Å²) >= 11 is 0. The fourth-order valence-corrected chi connectivity index (χ4v) is 5.17. The number of nitrogens with one attached hydrogen (secondary N) is 1. The van der Waals surface area contributed by atoms with Crippen LogP contribution in [0, 0.1) is 5.82 Å². The molecule has 1 saturated carbocycles. The van der Waals surface area contributed by atoms with E-state index in [-0.39, 0.29) is 53.2 Å². The molecule has 46 heavy (non-hydrogen) atoms. The average molecular weight is 641 g/mol. The normalized spacial score (nSPS) is 18.8. The molecule has 1 fully saturated rings. The summed E-state index contributed by atoms with van der Waals surface area (Å²) in [7, 11) is 0. The van der Waals surface area contributed by atoms with E-state index >= 15 is 0 Å². The third-order valence-corrected chi connectivity index (χ3v) is 8.19. The van der Waals surface area contributed by atoms with Gasteiger partial charge in [-0.3, -0.25) is 9.59 Å². The molecule has 3 heterocycles. The smallest absolute Gasteiger partial charge is 0.424 e. The highest BCUT2D eigenvalue weighted by molar-refractivity contribution is 6.00. The Kier molecular flexibility index (Phi) is 7.60. The predicted molar refractivity (Wildman–Crippen MR) is 155 cm³/mol. The van der Waals surface area contributed by atoms with E-state index in [1.165, 1.54) is 37.3 Å². The first-order valence-electron chi connectivity index (χ1n) is 14.3. The number of aliphatic hydroxyl groups excluding tert-OH is 1. The van der Waals surface area contributed by atoms with Crippen molar-refractivity contribution in [2.45, 2.75) is 49.7 Å². The van der Waals surface area contributed by atoms with Gasteiger partial charge in [-0.15, -0.1) is 0 Å². The number of pyridine rings is 2. The second kappa shape index (κ2) is 11.2. The lowest BCUT2D eigenvalue weighted by molar-refractivity contribution is -0.265. The number of alkyl halides is 3. The molecule has 0 bridgehead atoms. The highest BCUT2D eigenvalue weighted by atomic mass is 19.4. The zero-order chi connectivity index (χ0) is 33.0. The molecule has 0 radical (unpaired) electrons. The first-order chi connectivity index (χ1) is 21.7. The maximum Gasteiger partial charge on any atom is 0.424 e. The topological polar surface area (TPSA) is 157 Å². The standard InChI is InChI=1S/C32H28F4N4O6/c1-30(29(37)43)15-45-27-22(30)12-24(40-26(27)16-2-5-19(33)6-3-16)31(44,32(34,35)36)14-38-28(42)18-10-17-4-7-20(13-41)39-25(17)23(11-18)46-21-8-9-21/h2-7,10-12,21,41,44H,8-9,13-15H2,1H3,(H2,37,43)(H,38,42)/t30-,31?/m0/s1. The Morgan fingerprint density at radius 3 is 2.46 bits per heavy atom. The van der Waals surface area contributed by atoms with E-state index < -0.39 is 47.1 Å². The SMILES string of the molecule is C[C@]1(C(N)=O)COc2c1cc(C(O)(CNC(=O)c1cc(OC3CC3)c3nc(CO)ccc3c1)C(F)(F)F)nc2-c1ccc(F)cc1. The molecule has 1 aliphatic heterocycles. The number of halogens is 4. The summed E-state index contributed by atoms with van der Waals surface area (Å²) < 4.78 is 69.6. The fraction of sp³-hybridized carbons (Fsp3) is 0.312. The molecule has 2 aromatic carbocycles. The molecule has 0 saturated heterocycles. The van der Waals surface area contributed by atoms with Crippen molar-refractivity contribution in [1.29, 1.82) is 0 Å². The molecule has 14 heteroatoms. The Morgan fingerprint density at radius 1 is 1.11 bits per heavy atom. The number of aromatic nitrogens is 2. The quantitative estimate of drug-likeness (QED) is 0.202. The molecule has 2 atom stereocenters. The second-order valence-corrected chi connectivity index (χ2v) is 11.6. The maximum absolute atomic E-state index is 14.8. The number of rotatable bonds is 9. The summed E-state index contributed by atoms with van der Waals surface area (Å²) in [5, 5.41) is 23.4. The molecule has 4 aromatic rings. The van der Waals surface area contributed by atoms with Crippen LogP contribution in [0.2, 0.25) is 0 Å². The zero-order valence-electron chi connectivity index (χ0n) is 24.3. The summed E-state index contributed by atoms with van der Waals surface area (Å²) in [6.07, 6.45) is -3.92. The van der Waals surface area contributed by atoms with Gasteiger partial charge in [0.05, 0.1) is 30.6 Å².